The van der Waals surface area contributed by atoms with E-state index >= 15 is 0 Å². The lowest BCUT2D eigenvalue weighted by atomic mass is 10.2. The lowest BCUT2D eigenvalue weighted by Gasteiger charge is -2.45. The first kappa shape index (κ1) is 20.9. The minimum absolute atomic E-state index is 0.154. The van der Waals surface area contributed by atoms with Gasteiger partial charge in [0.05, 0.1) is 6.10 Å². The average Bonchev–Trinajstić information content (AvgIpc) is 2.64. The summed E-state index contributed by atoms with van der Waals surface area (Å²) in [4.78, 5) is 11.0. The SMILES string of the molecule is C=CCC(CNC(=O)O)O[Si](c1ccccc1)(c1ccccc1)C(C)(C)C. The lowest BCUT2D eigenvalue weighted by molar-refractivity contribution is 0.167. The van der Waals surface area contributed by atoms with Crippen molar-refractivity contribution in [3.05, 3.63) is 73.3 Å². The number of carboxylic acid groups (broad SMARTS) is 1. The van der Waals surface area contributed by atoms with Crippen molar-refractivity contribution in [2.75, 3.05) is 6.54 Å². The Bertz CT molecular complexity index is 702. The first-order valence-electron chi connectivity index (χ1n) is 9.18. The van der Waals surface area contributed by atoms with Crippen LogP contribution in [0.25, 0.3) is 0 Å². The zero-order chi connectivity index (χ0) is 19.9. The molecule has 0 aliphatic carbocycles. The maximum atomic E-state index is 11.0. The molecule has 0 fully saturated rings. The van der Waals surface area contributed by atoms with Gasteiger partial charge in [0.1, 0.15) is 0 Å². The predicted molar refractivity (Wildman–Crippen MR) is 113 cm³/mol. The van der Waals surface area contributed by atoms with Crippen LogP contribution in [-0.4, -0.2) is 32.2 Å². The fourth-order valence-electron chi connectivity index (χ4n) is 3.50. The predicted octanol–water partition coefficient (Wildman–Crippen LogP) is 3.78. The van der Waals surface area contributed by atoms with Gasteiger partial charge in [-0.15, -0.1) is 6.58 Å². The second-order valence-electron chi connectivity index (χ2n) is 7.61. The van der Waals surface area contributed by atoms with E-state index in [0.717, 1.165) is 0 Å². The molecule has 0 aliphatic heterocycles. The fourth-order valence-corrected chi connectivity index (χ4v) is 8.20. The molecule has 5 heteroatoms. The Morgan fingerprint density at radius 2 is 1.59 bits per heavy atom. The van der Waals surface area contributed by atoms with Crippen LogP contribution >= 0.6 is 0 Å². The molecule has 1 amide bonds. The van der Waals surface area contributed by atoms with Gasteiger partial charge in [-0.25, -0.2) is 4.79 Å². The van der Waals surface area contributed by atoms with E-state index < -0.39 is 14.4 Å². The van der Waals surface area contributed by atoms with Crippen molar-refractivity contribution in [2.24, 2.45) is 0 Å². The first-order chi connectivity index (χ1) is 12.8. The summed E-state index contributed by atoms with van der Waals surface area (Å²) >= 11 is 0. The van der Waals surface area contributed by atoms with Crippen LogP contribution in [0, 0.1) is 0 Å². The first-order valence-corrected chi connectivity index (χ1v) is 11.1. The Kier molecular flexibility index (Phi) is 6.99. The number of carbonyl (C=O) groups is 1. The van der Waals surface area contributed by atoms with E-state index in [9.17, 15) is 4.79 Å². The monoisotopic (exact) mass is 383 g/mol. The summed E-state index contributed by atoms with van der Waals surface area (Å²) < 4.78 is 6.91. The quantitative estimate of drug-likeness (QED) is 0.539. The molecule has 0 saturated heterocycles. The molecule has 1 unspecified atom stereocenters. The molecule has 1 atom stereocenters. The van der Waals surface area contributed by atoms with E-state index in [1.54, 1.807) is 6.08 Å². The summed E-state index contributed by atoms with van der Waals surface area (Å²) in [5.74, 6) is 0. The minimum atomic E-state index is -2.70. The van der Waals surface area contributed by atoms with Gasteiger partial charge in [0.15, 0.2) is 0 Å². The molecule has 2 aromatic rings. The van der Waals surface area contributed by atoms with Crippen LogP contribution in [0.1, 0.15) is 27.2 Å². The maximum Gasteiger partial charge on any atom is 0.404 e. The molecule has 0 aliphatic rings. The molecule has 0 bridgehead atoms. The number of amides is 1. The van der Waals surface area contributed by atoms with Crippen molar-refractivity contribution >= 4 is 24.8 Å². The van der Waals surface area contributed by atoms with Crippen molar-refractivity contribution in [3.63, 3.8) is 0 Å². The molecular weight excluding hydrogens is 354 g/mol. The van der Waals surface area contributed by atoms with Gasteiger partial charge in [-0.3, -0.25) is 0 Å². The van der Waals surface area contributed by atoms with Crippen molar-refractivity contribution < 1.29 is 14.3 Å². The van der Waals surface area contributed by atoms with Gasteiger partial charge in [0.2, 0.25) is 0 Å². The fraction of sp³-hybridized carbons (Fsp3) is 0.318. The molecule has 2 N–H and O–H groups in total. The minimum Gasteiger partial charge on any atom is -0.465 e. The van der Waals surface area contributed by atoms with Gasteiger partial charge in [0, 0.05) is 6.54 Å². The van der Waals surface area contributed by atoms with Crippen LogP contribution in [-0.2, 0) is 4.43 Å². The molecule has 0 heterocycles. The molecule has 0 radical (unpaired) electrons. The van der Waals surface area contributed by atoms with E-state index in [4.69, 9.17) is 9.53 Å². The van der Waals surface area contributed by atoms with Crippen LogP contribution in [0.5, 0.6) is 0 Å². The molecule has 27 heavy (non-hydrogen) atoms. The molecule has 2 rings (SSSR count). The smallest absolute Gasteiger partial charge is 0.404 e. The van der Waals surface area contributed by atoms with Gasteiger partial charge >= 0.3 is 6.09 Å². The van der Waals surface area contributed by atoms with Crippen LogP contribution in [0.3, 0.4) is 0 Å². The summed E-state index contributed by atoms with van der Waals surface area (Å²) in [6.07, 6.45) is 1.02. The van der Waals surface area contributed by atoms with Crippen molar-refractivity contribution in [3.8, 4) is 0 Å². The highest BCUT2D eigenvalue weighted by Crippen LogP contribution is 2.37. The summed E-state index contributed by atoms with van der Waals surface area (Å²) in [6.45, 7) is 10.7. The van der Waals surface area contributed by atoms with Gasteiger partial charge in [-0.05, 0) is 21.8 Å². The Morgan fingerprint density at radius 3 is 1.96 bits per heavy atom. The highest BCUT2D eigenvalue weighted by molar-refractivity contribution is 6.99. The second-order valence-corrected chi connectivity index (χ2v) is 11.9. The van der Waals surface area contributed by atoms with Crippen LogP contribution < -0.4 is 15.7 Å². The van der Waals surface area contributed by atoms with Crippen molar-refractivity contribution in [1.29, 1.82) is 0 Å². The van der Waals surface area contributed by atoms with Crippen LogP contribution in [0.4, 0.5) is 4.79 Å². The van der Waals surface area contributed by atoms with Crippen molar-refractivity contribution in [1.82, 2.24) is 5.32 Å². The average molecular weight is 384 g/mol. The lowest BCUT2D eigenvalue weighted by Crippen LogP contribution is -2.68. The molecule has 0 aromatic heterocycles. The standard InChI is InChI=1S/C22H29NO3Si/c1-5-12-18(17-23-21(24)25)26-27(22(2,3)4,19-13-8-6-9-14-19)20-15-10-7-11-16-20/h5-11,13-16,18,23H,1,12,17H2,2-4H3,(H,24,25). The number of benzene rings is 2. The summed E-state index contributed by atoms with van der Waals surface area (Å²) in [5.41, 5.74) is 0. The maximum absolute atomic E-state index is 11.0. The number of hydrogen-bond acceptors (Lipinski definition) is 2. The van der Waals surface area contributed by atoms with Crippen molar-refractivity contribution in [2.45, 2.75) is 38.3 Å². The Labute approximate surface area is 163 Å². The van der Waals surface area contributed by atoms with E-state index in [1.165, 1.54) is 10.4 Å². The van der Waals surface area contributed by atoms with Gasteiger partial charge < -0.3 is 14.8 Å². The normalized spacial score (nSPS) is 13.0. The van der Waals surface area contributed by atoms with Crippen LogP contribution in [0.2, 0.25) is 5.04 Å². The summed E-state index contributed by atoms with van der Waals surface area (Å²) in [6, 6.07) is 20.6. The highest BCUT2D eigenvalue weighted by Gasteiger charge is 2.51. The molecule has 4 nitrogen and oxygen atoms in total. The number of hydrogen-bond donors (Lipinski definition) is 2. The Balaban J connectivity index is 2.60. The van der Waals surface area contributed by atoms with Crippen LogP contribution in [0.15, 0.2) is 73.3 Å². The third-order valence-corrected chi connectivity index (χ3v) is 9.76. The third-order valence-electron chi connectivity index (χ3n) is 4.67. The van der Waals surface area contributed by atoms with E-state index in [1.807, 2.05) is 36.4 Å². The largest absolute Gasteiger partial charge is 0.465 e. The van der Waals surface area contributed by atoms with E-state index in [-0.39, 0.29) is 17.7 Å². The molecule has 0 spiro atoms. The second kappa shape index (κ2) is 9.02. The third kappa shape index (κ3) is 4.87. The number of nitrogens with one attached hydrogen (secondary N) is 1. The highest BCUT2D eigenvalue weighted by atomic mass is 28.4. The zero-order valence-corrected chi connectivity index (χ0v) is 17.3. The Morgan fingerprint density at radius 1 is 1.11 bits per heavy atom. The molecular formula is C22H29NO3Si. The summed E-state index contributed by atoms with van der Waals surface area (Å²) in [5, 5.41) is 13.7. The van der Waals surface area contributed by atoms with Gasteiger partial charge in [-0.2, -0.15) is 0 Å². The van der Waals surface area contributed by atoms with E-state index in [0.29, 0.717) is 6.42 Å². The summed E-state index contributed by atoms with van der Waals surface area (Å²) in [7, 11) is -2.70. The van der Waals surface area contributed by atoms with Gasteiger partial charge in [0.25, 0.3) is 8.32 Å². The van der Waals surface area contributed by atoms with E-state index in [2.05, 4.69) is 56.9 Å². The number of rotatable bonds is 8. The zero-order valence-electron chi connectivity index (χ0n) is 16.3. The topological polar surface area (TPSA) is 58.6 Å². The molecule has 2 aromatic carbocycles. The molecule has 144 valence electrons. The Hall–Kier alpha value is -2.37. The molecule has 0 saturated carbocycles. The van der Waals surface area contributed by atoms with Gasteiger partial charge in [-0.1, -0.05) is 87.5 Å².